The summed E-state index contributed by atoms with van der Waals surface area (Å²) in [5, 5.41) is 24.0. The van der Waals surface area contributed by atoms with Crippen molar-refractivity contribution < 1.29 is 62.3 Å². The van der Waals surface area contributed by atoms with Gasteiger partial charge in [0.2, 0.25) is 76.8 Å². The van der Waals surface area contributed by atoms with E-state index in [9.17, 15) is 62.3 Å². The van der Waals surface area contributed by atoms with Crippen molar-refractivity contribution in [2.45, 2.75) is 204 Å². The van der Waals surface area contributed by atoms with Gasteiger partial charge in [0.05, 0.1) is 6.33 Å². The Balaban J connectivity index is 2.29. The van der Waals surface area contributed by atoms with Gasteiger partial charge in [-0.2, -0.15) is 11.8 Å². The van der Waals surface area contributed by atoms with E-state index >= 15 is 0 Å². The van der Waals surface area contributed by atoms with Crippen molar-refractivity contribution in [3.8, 4) is 0 Å². The molecule has 13 amide bonds. The third kappa shape index (κ3) is 23.4. The molecule has 1 aromatic heterocycles. The molecule has 2 saturated heterocycles. The highest BCUT2D eigenvalue weighted by molar-refractivity contribution is 7.98. The zero-order valence-electron chi connectivity index (χ0n) is 49.1. The molecule has 12 atom stereocenters. The second kappa shape index (κ2) is 36.4. The number of unbranched alkanes of at least 4 members (excludes halogenated alkanes) is 1. The normalized spacial score (nSPS) is 24.2. The molecule has 2 aliphatic heterocycles. The summed E-state index contributed by atoms with van der Waals surface area (Å²) < 4.78 is 0. The van der Waals surface area contributed by atoms with Crippen molar-refractivity contribution in [3.63, 3.8) is 0 Å². The smallest absolute Gasteiger partial charge is 0.245 e. The van der Waals surface area contributed by atoms with Crippen LogP contribution in [0.5, 0.6) is 0 Å². The maximum Gasteiger partial charge on any atom is 0.245 e. The van der Waals surface area contributed by atoms with E-state index in [0.717, 1.165) is 0 Å². The van der Waals surface area contributed by atoms with Crippen molar-refractivity contribution in [3.05, 3.63) is 18.2 Å². The molecule has 30 heteroatoms. The van der Waals surface area contributed by atoms with Gasteiger partial charge in [-0.25, -0.2) is 4.98 Å². The number of imidazole rings is 1. The summed E-state index contributed by atoms with van der Waals surface area (Å²) in [6.07, 6.45) is 4.56. The fourth-order valence-electron chi connectivity index (χ4n) is 9.73. The van der Waals surface area contributed by atoms with Gasteiger partial charge in [0, 0.05) is 44.6 Å². The van der Waals surface area contributed by atoms with Crippen LogP contribution in [0.4, 0.5) is 0 Å². The van der Waals surface area contributed by atoms with E-state index in [1.54, 1.807) is 27.7 Å². The summed E-state index contributed by atoms with van der Waals surface area (Å²) in [4.78, 5) is 188. The maximum absolute atomic E-state index is 14.8. The lowest BCUT2D eigenvalue weighted by atomic mass is 9.96. The zero-order valence-corrected chi connectivity index (χ0v) is 50.0. The van der Waals surface area contributed by atoms with Crippen molar-refractivity contribution >= 4 is 88.6 Å². The molecule has 0 radical (unpaired) electrons. The number of fused-ring (bicyclic) bond motifs is 1. The first-order valence-corrected chi connectivity index (χ1v) is 30.3. The van der Waals surface area contributed by atoms with Crippen LogP contribution >= 0.6 is 11.8 Å². The third-order valence-corrected chi connectivity index (χ3v) is 15.7. The van der Waals surface area contributed by atoms with E-state index in [-0.39, 0.29) is 64.5 Å². The first-order valence-electron chi connectivity index (χ1n) is 28.9. The number of carbonyl (C=O) groups excluding carboxylic acids is 13. The number of nitrogens with two attached hydrogens (primary N) is 4. The van der Waals surface area contributed by atoms with Crippen LogP contribution in [-0.2, 0) is 68.7 Å². The number of carbonyl (C=O) groups is 13. The Morgan fingerprint density at radius 1 is 0.714 bits per heavy atom. The van der Waals surface area contributed by atoms with E-state index in [4.69, 9.17) is 22.9 Å². The number of aromatic amines is 1. The average Bonchev–Trinajstić information content (AvgIpc) is 3.67. The minimum atomic E-state index is -1.65. The molecule has 0 aliphatic carbocycles. The predicted octanol–water partition coefficient (Wildman–Crippen LogP) is -3.11. The van der Waals surface area contributed by atoms with Crippen molar-refractivity contribution in [1.82, 2.24) is 62.7 Å². The van der Waals surface area contributed by atoms with Gasteiger partial charge in [0.25, 0.3) is 0 Å². The van der Waals surface area contributed by atoms with E-state index in [1.807, 2.05) is 6.26 Å². The fraction of sp³-hybridized carbons (Fsp3) is 0.704. The molecule has 470 valence electrons. The molecule has 2 aliphatic rings. The number of nitrogens with one attached hydrogen (secondary N) is 10. The second-order valence-corrected chi connectivity index (χ2v) is 22.6. The Kier molecular flexibility index (Phi) is 30.7. The summed E-state index contributed by atoms with van der Waals surface area (Å²) in [5.74, 6) is -11.3. The predicted molar refractivity (Wildman–Crippen MR) is 309 cm³/mol. The summed E-state index contributed by atoms with van der Waals surface area (Å²) in [6, 6.07) is -13.6. The Morgan fingerprint density at radius 3 is 1.88 bits per heavy atom. The minimum absolute atomic E-state index is 0.0271. The van der Waals surface area contributed by atoms with Gasteiger partial charge in [-0.3, -0.25) is 62.3 Å². The number of H-pyrrole nitrogens is 1. The topological polar surface area (TPSA) is 466 Å². The summed E-state index contributed by atoms with van der Waals surface area (Å²) in [7, 11) is 0. The Bertz CT molecular complexity index is 2430. The summed E-state index contributed by atoms with van der Waals surface area (Å²) >= 11 is 1.42. The van der Waals surface area contributed by atoms with Crippen molar-refractivity contribution in [2.75, 3.05) is 25.1 Å². The minimum Gasteiger partial charge on any atom is -0.370 e. The molecular weight excluding hydrogens is 1110 g/mol. The largest absolute Gasteiger partial charge is 0.370 e. The van der Waals surface area contributed by atoms with Crippen molar-refractivity contribution in [1.29, 1.82) is 0 Å². The quantitative estimate of drug-likeness (QED) is 0.0431. The number of amides is 13. The summed E-state index contributed by atoms with van der Waals surface area (Å²) in [6.45, 7) is 8.51. The SMILES string of the molecule is CC[C@H](C)[C@H](NC(=O)[C@@H]1CCCC[C@H](NC(=O)[C@H](CCSC)NC(C)=O)C(=O)N[C@@H]([C@@H](C)CC)C(=O)N[C@@H](CCCCN)C(=O)N2CCC[C@H]2C(=O)N[C@@H](Cc2cnc[nH]2)C(=O)N[C@@H](CCC(N)=O)C(=O)N[C@@H](CCC(N)=O)C(=O)N1)C(N)=O. The molecule has 3 rings (SSSR count). The Morgan fingerprint density at radius 2 is 1.32 bits per heavy atom. The standard InChI is InChI=1S/C54H90N16O13S/c1-7-29(3)43(45(58)74)68-49(78)33-14-9-10-15-34(63-48(77)37(22-25-84-6)61-31(5)71)50(79)69-44(30(4)8-2)53(82)66-38(16-11-12-23-55)54(83)70-24-13-17-40(70)52(81)67-39(26-32-27-59-28-60-32)51(80)65-36(19-21-42(57)73)47(76)64-35(46(75)62-33)18-20-41(56)72/h27-30,33-40,43-44H,7-26,55H2,1-6H3,(H2,56,72)(H2,57,73)(H2,58,74)(H,59,60)(H,61,71)(H,62,75)(H,63,77)(H,64,76)(H,65,80)(H,66,82)(H,67,81)(H,68,78)(H,69,79)/t29-,30-,33-,34-,35-,36-,37-,38-,39-,40-,43-,44-/m0/s1. The van der Waals surface area contributed by atoms with Gasteiger partial charge in [0.15, 0.2) is 0 Å². The molecule has 0 spiro atoms. The zero-order chi connectivity index (χ0) is 62.6. The van der Waals surface area contributed by atoms with Crippen LogP contribution in [0, 0.1) is 11.8 Å². The van der Waals surface area contributed by atoms with Gasteiger partial charge >= 0.3 is 0 Å². The van der Waals surface area contributed by atoms with Crippen LogP contribution < -0.4 is 70.8 Å². The molecule has 3 heterocycles. The molecule has 84 heavy (non-hydrogen) atoms. The molecule has 0 unspecified atom stereocenters. The fourth-order valence-corrected chi connectivity index (χ4v) is 10.2. The maximum atomic E-state index is 14.8. The Labute approximate surface area is 494 Å². The number of rotatable bonds is 25. The lowest BCUT2D eigenvalue weighted by molar-refractivity contribution is -0.143. The van der Waals surface area contributed by atoms with Crippen LogP contribution in [0.15, 0.2) is 12.5 Å². The van der Waals surface area contributed by atoms with Crippen molar-refractivity contribution in [2.24, 2.45) is 34.8 Å². The van der Waals surface area contributed by atoms with Crippen LogP contribution in [0.3, 0.4) is 0 Å². The number of primary amides is 3. The molecule has 0 aromatic carbocycles. The highest BCUT2D eigenvalue weighted by atomic mass is 32.2. The number of hydrogen-bond donors (Lipinski definition) is 14. The number of aromatic nitrogens is 2. The highest BCUT2D eigenvalue weighted by Gasteiger charge is 2.41. The van der Waals surface area contributed by atoms with Gasteiger partial charge in [-0.05, 0) is 94.6 Å². The van der Waals surface area contributed by atoms with Crippen LogP contribution in [0.1, 0.15) is 143 Å². The molecular formula is C54H90N16O13S. The van der Waals surface area contributed by atoms with Gasteiger partial charge in [0.1, 0.15) is 60.4 Å². The number of hydrogen-bond acceptors (Lipinski definition) is 16. The average molecular weight is 1200 g/mol. The second-order valence-electron chi connectivity index (χ2n) is 21.6. The Hall–Kier alpha value is -7.37. The molecule has 0 saturated carbocycles. The molecule has 29 nitrogen and oxygen atoms in total. The number of thioether (sulfide) groups is 1. The number of nitrogens with zero attached hydrogens (tertiary/aromatic N) is 2. The molecule has 0 bridgehead atoms. The lowest BCUT2D eigenvalue weighted by Crippen LogP contribution is -2.61. The third-order valence-electron chi connectivity index (χ3n) is 15.1. The van der Waals surface area contributed by atoms with Gasteiger partial charge in [-0.15, -0.1) is 0 Å². The van der Waals surface area contributed by atoms with Gasteiger partial charge < -0.3 is 80.7 Å². The monoisotopic (exact) mass is 1200 g/mol. The van der Waals surface area contributed by atoms with Crippen LogP contribution in [0.25, 0.3) is 0 Å². The van der Waals surface area contributed by atoms with Crippen LogP contribution in [-0.4, -0.2) is 177 Å². The van der Waals surface area contributed by atoms with E-state index in [0.29, 0.717) is 43.6 Å². The molecule has 2 fully saturated rings. The van der Waals surface area contributed by atoms with E-state index in [2.05, 4.69) is 57.8 Å². The lowest BCUT2D eigenvalue weighted by Gasteiger charge is -2.32. The van der Waals surface area contributed by atoms with Crippen LogP contribution in [0.2, 0.25) is 0 Å². The summed E-state index contributed by atoms with van der Waals surface area (Å²) in [5.41, 5.74) is 22.9. The van der Waals surface area contributed by atoms with E-state index in [1.165, 1.54) is 36.1 Å². The molecule has 1 aromatic rings. The first-order chi connectivity index (χ1) is 39.8. The van der Waals surface area contributed by atoms with Gasteiger partial charge in [-0.1, -0.05) is 53.4 Å². The highest BCUT2D eigenvalue weighted by Crippen LogP contribution is 2.22. The molecule has 18 N–H and O–H groups in total. The van der Waals surface area contributed by atoms with E-state index < -0.39 is 175 Å². The first kappa shape index (κ1) is 70.9.